The second-order valence-electron chi connectivity index (χ2n) is 6.79. The van der Waals surface area contributed by atoms with Gasteiger partial charge in [0, 0.05) is 30.1 Å². The quantitative estimate of drug-likeness (QED) is 0.938. The van der Waals surface area contributed by atoms with Crippen molar-refractivity contribution in [3.8, 4) is 0 Å². The molecule has 1 fully saturated rings. The van der Waals surface area contributed by atoms with Crippen LogP contribution in [0.5, 0.6) is 0 Å². The largest absolute Gasteiger partial charge is 0.384 e. The Morgan fingerprint density at radius 1 is 1.26 bits per heavy atom. The first-order chi connectivity index (χ1) is 11.3. The molecular formula is C18H24N4S. The number of aryl methyl sites for hydroxylation is 2. The summed E-state index contributed by atoms with van der Waals surface area (Å²) in [6, 6.07) is 4.06. The minimum absolute atomic E-state index is 0.610. The molecule has 4 nitrogen and oxygen atoms in total. The van der Waals surface area contributed by atoms with Gasteiger partial charge in [-0.2, -0.15) is 0 Å². The first-order valence-electron chi connectivity index (χ1n) is 8.69. The smallest absolute Gasteiger partial charge is 0.123 e. The molecule has 122 valence electrons. The van der Waals surface area contributed by atoms with E-state index in [1.807, 2.05) is 17.4 Å². The maximum Gasteiger partial charge on any atom is 0.123 e. The van der Waals surface area contributed by atoms with Crippen molar-refractivity contribution in [1.29, 1.82) is 0 Å². The summed E-state index contributed by atoms with van der Waals surface area (Å²) in [6.07, 6.45) is 9.45. The van der Waals surface area contributed by atoms with Crippen LogP contribution in [0.3, 0.4) is 0 Å². The van der Waals surface area contributed by atoms with Gasteiger partial charge in [0.25, 0.3) is 0 Å². The molecule has 5 heteroatoms. The van der Waals surface area contributed by atoms with Gasteiger partial charge >= 0.3 is 0 Å². The van der Waals surface area contributed by atoms with Crippen LogP contribution in [0.2, 0.25) is 0 Å². The number of thiazole rings is 1. The van der Waals surface area contributed by atoms with Gasteiger partial charge in [-0.15, -0.1) is 11.3 Å². The predicted molar refractivity (Wildman–Crippen MR) is 94.7 cm³/mol. The lowest BCUT2D eigenvalue weighted by Gasteiger charge is -2.31. The molecule has 2 N–H and O–H groups in total. The van der Waals surface area contributed by atoms with Crippen molar-refractivity contribution in [2.24, 2.45) is 0 Å². The Morgan fingerprint density at radius 2 is 2.17 bits per heavy atom. The summed E-state index contributed by atoms with van der Waals surface area (Å²) in [5.74, 6) is 1.22. The summed E-state index contributed by atoms with van der Waals surface area (Å²) >= 11 is 1.98. The fraction of sp³-hybridized carbons (Fsp3) is 0.556. The van der Waals surface area contributed by atoms with Crippen LogP contribution in [-0.2, 0) is 19.4 Å². The minimum Gasteiger partial charge on any atom is -0.384 e. The minimum atomic E-state index is 0.610. The van der Waals surface area contributed by atoms with E-state index in [-0.39, 0.29) is 0 Å². The van der Waals surface area contributed by atoms with Gasteiger partial charge in [-0.1, -0.05) is 0 Å². The van der Waals surface area contributed by atoms with Crippen molar-refractivity contribution in [3.05, 3.63) is 39.5 Å². The number of likely N-dealkylation sites (tertiary alicyclic amines) is 1. The Balaban J connectivity index is 1.45. The lowest BCUT2D eigenvalue weighted by molar-refractivity contribution is 0.200. The highest BCUT2D eigenvalue weighted by Crippen LogP contribution is 2.34. The molecular weight excluding hydrogens is 304 g/mol. The molecule has 1 saturated heterocycles. The second-order valence-corrected chi connectivity index (χ2v) is 7.91. The van der Waals surface area contributed by atoms with E-state index < -0.39 is 0 Å². The van der Waals surface area contributed by atoms with Gasteiger partial charge in [0.2, 0.25) is 0 Å². The molecule has 1 atom stereocenters. The van der Waals surface area contributed by atoms with E-state index in [1.165, 1.54) is 61.3 Å². The van der Waals surface area contributed by atoms with Gasteiger partial charge in [0.15, 0.2) is 0 Å². The van der Waals surface area contributed by atoms with Crippen molar-refractivity contribution in [2.45, 2.75) is 51.0 Å². The Hall–Kier alpha value is -1.46. The molecule has 0 saturated carbocycles. The van der Waals surface area contributed by atoms with Crippen LogP contribution in [0.25, 0.3) is 0 Å². The zero-order valence-corrected chi connectivity index (χ0v) is 14.3. The Kier molecular flexibility index (Phi) is 4.31. The van der Waals surface area contributed by atoms with E-state index in [2.05, 4.69) is 16.0 Å². The van der Waals surface area contributed by atoms with E-state index in [0.29, 0.717) is 11.7 Å². The monoisotopic (exact) mass is 328 g/mol. The lowest BCUT2D eigenvalue weighted by Crippen LogP contribution is -2.33. The molecule has 2 aromatic heterocycles. The molecule has 0 unspecified atom stereocenters. The predicted octanol–water partition coefficient (Wildman–Crippen LogP) is 3.38. The fourth-order valence-corrected chi connectivity index (χ4v) is 5.08. The summed E-state index contributed by atoms with van der Waals surface area (Å²) in [5.41, 5.74) is 8.46. The first kappa shape index (κ1) is 15.1. The number of nitrogens with zero attached hydrogens (tertiary/aromatic N) is 3. The summed E-state index contributed by atoms with van der Waals surface area (Å²) in [6.45, 7) is 3.26. The number of fused-ring (bicyclic) bond motifs is 1. The highest BCUT2D eigenvalue weighted by Gasteiger charge is 2.26. The number of piperidine rings is 1. The van der Waals surface area contributed by atoms with Crippen molar-refractivity contribution in [3.63, 3.8) is 0 Å². The number of nitrogens with two attached hydrogens (primary N) is 1. The van der Waals surface area contributed by atoms with Crippen molar-refractivity contribution in [2.75, 3.05) is 18.8 Å². The Bertz CT molecular complexity index is 658. The SMILES string of the molecule is Nc1cc(CN2CCC[C@@H](c3nc4c(s3)CCCC4)C2)ccn1. The Labute approximate surface area is 141 Å². The van der Waals surface area contributed by atoms with Gasteiger partial charge in [-0.05, 0) is 62.8 Å². The summed E-state index contributed by atoms with van der Waals surface area (Å²) < 4.78 is 0. The lowest BCUT2D eigenvalue weighted by atomic mass is 9.98. The molecule has 0 bridgehead atoms. The maximum absolute atomic E-state index is 5.80. The fourth-order valence-electron chi connectivity index (χ4n) is 3.80. The molecule has 23 heavy (non-hydrogen) atoms. The van der Waals surface area contributed by atoms with E-state index in [1.54, 1.807) is 11.1 Å². The number of anilines is 1. The molecule has 1 aliphatic carbocycles. The number of rotatable bonds is 3. The molecule has 2 aromatic rings. The summed E-state index contributed by atoms with van der Waals surface area (Å²) in [7, 11) is 0. The third-order valence-corrected chi connectivity index (χ3v) is 6.29. The van der Waals surface area contributed by atoms with Gasteiger partial charge < -0.3 is 5.73 Å². The third-order valence-electron chi connectivity index (χ3n) is 4.97. The molecule has 0 radical (unpaired) electrons. The Morgan fingerprint density at radius 3 is 3.04 bits per heavy atom. The van der Waals surface area contributed by atoms with Crippen LogP contribution < -0.4 is 5.73 Å². The molecule has 0 amide bonds. The third kappa shape index (κ3) is 3.40. The standard InChI is InChI=1S/C18H24N4S/c19-17-10-13(7-8-20-17)11-22-9-3-4-14(12-22)18-21-15-5-1-2-6-16(15)23-18/h7-8,10,14H,1-6,9,11-12H2,(H2,19,20)/t14-/m1/s1. The highest BCUT2D eigenvalue weighted by molar-refractivity contribution is 7.11. The van der Waals surface area contributed by atoms with E-state index in [0.717, 1.165) is 13.1 Å². The number of aromatic nitrogens is 2. The molecule has 0 spiro atoms. The van der Waals surface area contributed by atoms with Crippen LogP contribution in [-0.4, -0.2) is 28.0 Å². The topological polar surface area (TPSA) is 55.0 Å². The second kappa shape index (κ2) is 6.57. The number of hydrogen-bond acceptors (Lipinski definition) is 5. The summed E-state index contributed by atoms with van der Waals surface area (Å²) in [5, 5.41) is 1.39. The van der Waals surface area contributed by atoms with Crippen LogP contribution in [0.1, 0.15) is 52.7 Å². The molecule has 0 aromatic carbocycles. The highest BCUT2D eigenvalue weighted by atomic mass is 32.1. The zero-order valence-electron chi connectivity index (χ0n) is 13.5. The normalized spacial score (nSPS) is 22.0. The first-order valence-corrected chi connectivity index (χ1v) is 9.51. The zero-order chi connectivity index (χ0) is 15.6. The molecule has 2 aliphatic rings. The van der Waals surface area contributed by atoms with Crippen molar-refractivity contribution < 1.29 is 0 Å². The van der Waals surface area contributed by atoms with Gasteiger partial charge in [0.05, 0.1) is 10.7 Å². The van der Waals surface area contributed by atoms with Gasteiger partial charge in [-0.25, -0.2) is 9.97 Å². The van der Waals surface area contributed by atoms with Crippen LogP contribution in [0, 0.1) is 0 Å². The molecule has 3 heterocycles. The van der Waals surface area contributed by atoms with Gasteiger partial charge in [0.1, 0.15) is 5.82 Å². The van der Waals surface area contributed by atoms with E-state index in [4.69, 9.17) is 10.7 Å². The molecule has 4 rings (SSSR count). The van der Waals surface area contributed by atoms with Crippen LogP contribution in [0.4, 0.5) is 5.82 Å². The van der Waals surface area contributed by atoms with E-state index >= 15 is 0 Å². The van der Waals surface area contributed by atoms with E-state index in [9.17, 15) is 0 Å². The average Bonchev–Trinajstić information content (AvgIpc) is 2.99. The van der Waals surface area contributed by atoms with Crippen LogP contribution in [0.15, 0.2) is 18.3 Å². The average molecular weight is 328 g/mol. The van der Waals surface area contributed by atoms with Crippen molar-refractivity contribution in [1.82, 2.24) is 14.9 Å². The van der Waals surface area contributed by atoms with Crippen LogP contribution >= 0.6 is 11.3 Å². The summed E-state index contributed by atoms with van der Waals surface area (Å²) in [4.78, 5) is 13.2. The number of nitrogen functional groups attached to an aromatic ring is 1. The number of hydrogen-bond donors (Lipinski definition) is 1. The number of pyridine rings is 1. The van der Waals surface area contributed by atoms with Crippen molar-refractivity contribution >= 4 is 17.2 Å². The maximum atomic E-state index is 5.80. The molecule has 1 aliphatic heterocycles. The van der Waals surface area contributed by atoms with Gasteiger partial charge in [-0.3, -0.25) is 4.90 Å².